The zero-order valence-electron chi connectivity index (χ0n) is 29.4. The lowest BCUT2D eigenvalue weighted by molar-refractivity contribution is 0.277. The van der Waals surface area contributed by atoms with E-state index in [0.717, 1.165) is 16.3 Å². The fourth-order valence-corrected chi connectivity index (χ4v) is 13.5. The van der Waals surface area contributed by atoms with Crippen molar-refractivity contribution in [3.8, 4) is 0 Å². The number of hydrogen-bond donors (Lipinski definition) is 4. The summed E-state index contributed by atoms with van der Waals surface area (Å²) in [4.78, 5) is 41.9. The molecule has 0 spiro atoms. The summed E-state index contributed by atoms with van der Waals surface area (Å²) in [6.45, 7) is 25.6. The first-order valence-corrected chi connectivity index (χ1v) is 25.1. The van der Waals surface area contributed by atoms with Gasteiger partial charge in [0.15, 0.2) is 0 Å². The summed E-state index contributed by atoms with van der Waals surface area (Å²) in [5.41, 5.74) is 1.94. The van der Waals surface area contributed by atoms with Crippen molar-refractivity contribution >= 4 is 67.1 Å². The Morgan fingerprint density at radius 2 is 0.827 bits per heavy atom. The van der Waals surface area contributed by atoms with E-state index in [1.54, 1.807) is 49.5 Å². The van der Waals surface area contributed by atoms with Crippen LogP contribution in [0.2, 0.25) is 26.2 Å². The van der Waals surface area contributed by atoms with Gasteiger partial charge in [0.2, 0.25) is 0 Å². The van der Waals surface area contributed by atoms with E-state index in [9.17, 15) is 19.2 Å². The molecule has 0 aliphatic heterocycles. The van der Waals surface area contributed by atoms with Crippen LogP contribution in [0.3, 0.4) is 0 Å². The Bertz CT molecular complexity index is 1640. The van der Waals surface area contributed by atoms with Gasteiger partial charge in [0, 0.05) is 13.1 Å². The topological polar surface area (TPSA) is 109 Å². The van der Waals surface area contributed by atoms with Crippen molar-refractivity contribution in [3.05, 3.63) is 158 Å². The number of benzene rings is 4. The highest BCUT2D eigenvalue weighted by atomic mass is 28.5. The normalized spacial score (nSPS) is 11.7. The molecule has 4 N–H and O–H groups in total. The lowest BCUT2D eigenvalue weighted by Crippen LogP contribution is -2.65. The smallest absolute Gasteiger partial charge is 0.453 e. The van der Waals surface area contributed by atoms with Crippen molar-refractivity contribution in [1.29, 1.82) is 0 Å². The largest absolute Gasteiger partial charge is 0.517 e. The van der Waals surface area contributed by atoms with Crippen LogP contribution in [0.5, 0.6) is 0 Å². The molecule has 284 valence electrons. The van der Waals surface area contributed by atoms with Crippen LogP contribution in [0.15, 0.2) is 147 Å². The monoisotopic (exact) mass is 778 g/mol. The van der Waals surface area contributed by atoms with E-state index in [1.165, 1.54) is 0 Å². The Morgan fingerprint density at radius 3 is 1.15 bits per heavy atom. The van der Waals surface area contributed by atoms with Gasteiger partial charge in [-0.3, -0.25) is 0 Å². The van der Waals surface area contributed by atoms with E-state index in [4.69, 9.17) is 13.0 Å². The maximum atomic E-state index is 11.2. The highest BCUT2D eigenvalue weighted by Gasteiger charge is 2.44. The van der Waals surface area contributed by atoms with Crippen LogP contribution in [-0.4, -0.2) is 53.4 Å². The van der Waals surface area contributed by atoms with Gasteiger partial charge in [-0.2, -0.15) is 0 Å². The molecule has 0 saturated carbocycles. The first-order chi connectivity index (χ1) is 22.8. The van der Waals surface area contributed by atoms with Crippen LogP contribution < -0.4 is 20.7 Å². The molecule has 0 aliphatic rings. The summed E-state index contributed by atoms with van der Waals surface area (Å²) in [6, 6.07) is 32.9. The Labute approximate surface area is 318 Å². The minimum Gasteiger partial charge on any atom is -0.517 e. The molecule has 0 bridgehead atoms. The number of rotatable bonds is 12. The number of allylic oxidation sites excluding steroid dienone is 2. The molecule has 0 aliphatic carbocycles. The second-order valence-corrected chi connectivity index (χ2v) is 24.1. The molecule has 52 heavy (non-hydrogen) atoms. The second kappa shape index (κ2) is 22.2. The van der Waals surface area contributed by atoms with Crippen molar-refractivity contribution in [2.24, 2.45) is 0 Å². The third-order valence-corrected chi connectivity index (χ3v) is 16.0. The summed E-state index contributed by atoms with van der Waals surface area (Å²) in [7, 11) is -11.8. The predicted molar refractivity (Wildman–Crippen MR) is 233 cm³/mol. The highest BCUT2D eigenvalue weighted by molar-refractivity contribution is 6.96. The van der Waals surface area contributed by atoms with Crippen LogP contribution in [0.25, 0.3) is 12.2 Å². The van der Waals surface area contributed by atoms with Gasteiger partial charge >= 0.3 is 34.2 Å². The van der Waals surface area contributed by atoms with Gasteiger partial charge in [-0.05, 0) is 58.8 Å². The van der Waals surface area contributed by atoms with Crippen LogP contribution in [0.4, 0.5) is 0 Å². The van der Waals surface area contributed by atoms with Gasteiger partial charge in [-0.25, -0.2) is 0 Å². The fourth-order valence-electron chi connectivity index (χ4n) is 4.70. The molecule has 4 aromatic carbocycles. The molecule has 0 heterocycles. The van der Waals surface area contributed by atoms with Crippen LogP contribution in [-0.2, 0) is 13.0 Å². The van der Waals surface area contributed by atoms with E-state index >= 15 is 0 Å². The number of hydrogen-bond acceptors (Lipinski definition) is 7. The molecule has 4 rings (SSSR count). The predicted octanol–water partition coefficient (Wildman–Crippen LogP) is 7.16. The standard InChI is InChI=1S/C16H20O3Si2.C14H14O2Si.C8H16O2Si.3CH4/c1-4-14-10-12-16(13-11-14)21(18,19-20(2,3)17)15-8-6-5-7-9-15;1-2-12-8-10-14(11-9-12)17(15,16)13-6-4-3-5-7-13;1-7(2)9-11(5,6)10-8(3)4;;;/h4-13,17-18H,1H2,2-3H3;2-11,15-16H,1H2;1,3H2,2,4-6H3;3*1H4. The molecule has 1 unspecified atom stereocenters. The quantitative estimate of drug-likeness (QED) is 0.0894. The maximum Gasteiger partial charge on any atom is 0.453 e. The van der Waals surface area contributed by atoms with E-state index in [1.807, 2.05) is 112 Å². The maximum absolute atomic E-state index is 11.2. The van der Waals surface area contributed by atoms with E-state index in [-0.39, 0.29) is 22.3 Å². The van der Waals surface area contributed by atoms with Crippen molar-refractivity contribution in [2.45, 2.75) is 62.3 Å². The zero-order chi connectivity index (χ0) is 36.9. The third-order valence-electron chi connectivity index (χ3n) is 6.67. The molecule has 1 atom stereocenters. The lowest BCUT2D eigenvalue weighted by Gasteiger charge is -2.31. The molecule has 11 heteroatoms. The van der Waals surface area contributed by atoms with Gasteiger partial charge in [0.25, 0.3) is 0 Å². The van der Waals surface area contributed by atoms with Gasteiger partial charge in [-0.15, -0.1) is 0 Å². The minimum atomic E-state index is -3.53. The lowest BCUT2D eigenvalue weighted by atomic mass is 10.2. The minimum absolute atomic E-state index is 0. The Balaban J connectivity index is 0. The van der Waals surface area contributed by atoms with E-state index < -0.39 is 34.2 Å². The summed E-state index contributed by atoms with van der Waals surface area (Å²) in [6.07, 6.45) is 3.47. The van der Waals surface area contributed by atoms with Gasteiger partial charge in [0.05, 0.1) is 11.5 Å². The summed E-state index contributed by atoms with van der Waals surface area (Å²) >= 11 is 0. The first kappa shape index (κ1) is 50.2. The SMILES string of the molecule is C.C.C.C=C(C)O[Si](C)(C)OC(=C)C.C=Cc1ccc([Si](O)(O)c2ccccc2)cc1.C=Cc1ccc([Si](O)(O[Si](C)(C)O)c2ccccc2)cc1. The highest BCUT2D eigenvalue weighted by Crippen LogP contribution is 2.14. The summed E-state index contributed by atoms with van der Waals surface area (Å²) in [5, 5.41) is 2.61. The molecule has 0 radical (unpaired) electrons. The average Bonchev–Trinajstić information content (AvgIpc) is 3.04. The van der Waals surface area contributed by atoms with E-state index in [2.05, 4.69) is 26.3 Å². The molecule has 0 aromatic heterocycles. The molecule has 0 saturated heterocycles. The summed E-state index contributed by atoms with van der Waals surface area (Å²) in [5.74, 6) is 1.39. The van der Waals surface area contributed by atoms with Crippen LogP contribution in [0.1, 0.15) is 47.3 Å². The zero-order valence-corrected chi connectivity index (χ0v) is 33.4. The molecular formula is C41H62O7Si4. The summed E-state index contributed by atoms with van der Waals surface area (Å²) < 4.78 is 16.7. The molecule has 7 nitrogen and oxygen atoms in total. The van der Waals surface area contributed by atoms with Crippen molar-refractivity contribution in [1.82, 2.24) is 0 Å². The van der Waals surface area contributed by atoms with Gasteiger partial charge in [-0.1, -0.05) is 170 Å². The van der Waals surface area contributed by atoms with Gasteiger partial charge < -0.3 is 32.1 Å². The first-order valence-electron chi connectivity index (χ1n) is 15.7. The Hall–Kier alpha value is -3.89. The van der Waals surface area contributed by atoms with Crippen LogP contribution >= 0.6 is 0 Å². The molecule has 4 aromatic rings. The Morgan fingerprint density at radius 1 is 0.519 bits per heavy atom. The molecule has 0 amide bonds. The fraction of sp³-hybridized carbons (Fsp3) is 0.220. The van der Waals surface area contributed by atoms with E-state index in [0.29, 0.717) is 27.1 Å². The van der Waals surface area contributed by atoms with Crippen LogP contribution in [0, 0.1) is 0 Å². The van der Waals surface area contributed by atoms with Crippen molar-refractivity contribution in [3.63, 3.8) is 0 Å². The van der Waals surface area contributed by atoms with Gasteiger partial charge in [0.1, 0.15) is 0 Å². The molecular weight excluding hydrogens is 717 g/mol. The van der Waals surface area contributed by atoms with Crippen molar-refractivity contribution < 1.29 is 32.1 Å². The molecule has 0 fully saturated rings. The second-order valence-electron chi connectivity index (χ2n) is 12.3. The third kappa shape index (κ3) is 16.2. The van der Waals surface area contributed by atoms with Crippen molar-refractivity contribution in [2.75, 3.05) is 0 Å². The Kier molecular flexibility index (Phi) is 21.5. The average molecular weight is 779 g/mol.